The Kier molecular flexibility index (Phi) is 3.98. The second-order valence-corrected chi connectivity index (χ2v) is 6.12. The minimum atomic E-state index is -0.317. The van der Waals surface area contributed by atoms with Gasteiger partial charge in [0.15, 0.2) is 0 Å². The number of furan rings is 1. The number of carbonyl (C=O) groups excluding carboxylic acids is 1. The predicted molar refractivity (Wildman–Crippen MR) is 94.2 cm³/mol. The van der Waals surface area contributed by atoms with Crippen LogP contribution in [0, 0.1) is 18.3 Å². The fourth-order valence-corrected chi connectivity index (χ4v) is 3.28. The summed E-state index contributed by atoms with van der Waals surface area (Å²) in [6, 6.07) is 13.3. The lowest BCUT2D eigenvalue weighted by Gasteiger charge is -2.26. The number of nitriles is 1. The summed E-state index contributed by atoms with van der Waals surface area (Å²) >= 11 is 0. The Morgan fingerprint density at radius 3 is 2.81 bits per heavy atom. The van der Waals surface area contributed by atoms with Crippen molar-refractivity contribution in [2.75, 3.05) is 6.61 Å². The van der Waals surface area contributed by atoms with Gasteiger partial charge in [-0.3, -0.25) is 9.36 Å². The number of fused-ring (bicyclic) bond motifs is 1. The second-order valence-electron chi connectivity index (χ2n) is 6.12. The third-order valence-electron chi connectivity index (χ3n) is 4.51. The molecule has 0 bridgehead atoms. The Morgan fingerprint density at radius 1 is 1.27 bits per heavy atom. The Balaban J connectivity index is 1.67. The van der Waals surface area contributed by atoms with Gasteiger partial charge in [0.2, 0.25) is 5.88 Å². The number of ether oxygens (including phenoxy) is 1. The number of nitrogens with one attached hydrogen (secondary N) is 1. The molecular formula is C20H17N3O3. The summed E-state index contributed by atoms with van der Waals surface area (Å²) in [5.41, 5.74) is 1.45. The molecule has 0 spiro atoms. The molecule has 1 aliphatic heterocycles. The summed E-state index contributed by atoms with van der Waals surface area (Å²) < 4.78 is 13.0. The van der Waals surface area contributed by atoms with E-state index in [1.165, 1.54) is 0 Å². The number of aromatic nitrogens is 1. The molecule has 3 heterocycles. The highest BCUT2D eigenvalue weighted by atomic mass is 16.5. The van der Waals surface area contributed by atoms with Crippen LogP contribution in [0.1, 0.15) is 39.7 Å². The van der Waals surface area contributed by atoms with Crippen molar-refractivity contribution >= 4 is 5.91 Å². The van der Waals surface area contributed by atoms with Gasteiger partial charge >= 0.3 is 0 Å². The SMILES string of the molecule is Cc1oc(-n2cccc2)c(C#N)c1C(=O)NC1CCOc2ccccc21. The van der Waals surface area contributed by atoms with Gasteiger partial charge in [-0.2, -0.15) is 5.26 Å². The molecule has 1 N–H and O–H groups in total. The summed E-state index contributed by atoms with van der Waals surface area (Å²) in [6.45, 7) is 2.23. The van der Waals surface area contributed by atoms with Gasteiger partial charge in [0.25, 0.3) is 5.91 Å². The third kappa shape index (κ3) is 2.64. The molecule has 0 saturated carbocycles. The van der Waals surface area contributed by atoms with E-state index in [-0.39, 0.29) is 23.1 Å². The first-order valence-electron chi connectivity index (χ1n) is 8.38. The number of carbonyl (C=O) groups is 1. The molecule has 26 heavy (non-hydrogen) atoms. The van der Waals surface area contributed by atoms with E-state index < -0.39 is 0 Å². The highest BCUT2D eigenvalue weighted by Crippen LogP contribution is 2.32. The standard InChI is InChI=1S/C20H17N3O3/c1-13-18(15(12-21)20(26-13)23-9-4-5-10-23)19(24)22-16-8-11-25-17-7-3-2-6-14(16)17/h2-7,9-10,16H,8,11H2,1H3,(H,22,24). The van der Waals surface area contributed by atoms with Crippen LogP contribution in [0.25, 0.3) is 5.88 Å². The molecule has 3 aromatic rings. The first-order chi connectivity index (χ1) is 12.7. The molecule has 0 saturated heterocycles. The lowest BCUT2D eigenvalue weighted by atomic mass is 10.00. The summed E-state index contributed by atoms with van der Waals surface area (Å²) in [5.74, 6) is 1.24. The topological polar surface area (TPSA) is 80.2 Å². The molecule has 1 atom stereocenters. The van der Waals surface area contributed by atoms with E-state index in [9.17, 15) is 10.1 Å². The molecule has 6 heteroatoms. The van der Waals surface area contributed by atoms with Crippen molar-refractivity contribution in [3.8, 4) is 17.7 Å². The van der Waals surface area contributed by atoms with Gasteiger partial charge in [-0.15, -0.1) is 0 Å². The smallest absolute Gasteiger partial charge is 0.256 e. The van der Waals surface area contributed by atoms with Gasteiger partial charge < -0.3 is 14.5 Å². The van der Waals surface area contributed by atoms with Gasteiger partial charge in [0.05, 0.1) is 12.6 Å². The van der Waals surface area contributed by atoms with E-state index in [1.807, 2.05) is 36.4 Å². The predicted octanol–water partition coefficient (Wildman–Crippen LogP) is 3.50. The Morgan fingerprint density at radius 2 is 2.04 bits per heavy atom. The third-order valence-corrected chi connectivity index (χ3v) is 4.51. The van der Waals surface area contributed by atoms with Crippen molar-refractivity contribution in [1.29, 1.82) is 5.26 Å². The molecule has 1 aliphatic rings. The number of aryl methyl sites for hydroxylation is 1. The fourth-order valence-electron chi connectivity index (χ4n) is 3.28. The number of benzene rings is 1. The monoisotopic (exact) mass is 347 g/mol. The number of hydrogen-bond acceptors (Lipinski definition) is 4. The molecule has 6 nitrogen and oxygen atoms in total. The normalized spacial score (nSPS) is 15.6. The lowest BCUT2D eigenvalue weighted by Crippen LogP contribution is -2.32. The number of hydrogen-bond donors (Lipinski definition) is 1. The lowest BCUT2D eigenvalue weighted by molar-refractivity contribution is 0.0923. The maximum Gasteiger partial charge on any atom is 0.256 e. The molecule has 0 fully saturated rings. The largest absolute Gasteiger partial charge is 0.493 e. The van der Waals surface area contributed by atoms with Gasteiger partial charge in [-0.25, -0.2) is 0 Å². The zero-order chi connectivity index (χ0) is 18.1. The molecular weight excluding hydrogens is 330 g/mol. The minimum absolute atomic E-state index is 0.164. The van der Waals surface area contributed by atoms with Crippen LogP contribution < -0.4 is 10.1 Å². The quantitative estimate of drug-likeness (QED) is 0.786. The van der Waals surface area contributed by atoms with Crippen LogP contribution in [0.3, 0.4) is 0 Å². The van der Waals surface area contributed by atoms with Crippen molar-refractivity contribution < 1.29 is 13.9 Å². The number of nitrogens with zero attached hydrogens (tertiary/aromatic N) is 2. The van der Waals surface area contributed by atoms with Gasteiger partial charge in [0.1, 0.15) is 28.7 Å². The molecule has 1 unspecified atom stereocenters. The minimum Gasteiger partial charge on any atom is -0.493 e. The van der Waals surface area contributed by atoms with Gasteiger partial charge in [0, 0.05) is 24.4 Å². The highest BCUT2D eigenvalue weighted by molar-refractivity contribution is 5.98. The van der Waals surface area contributed by atoms with Crippen LogP contribution in [0.5, 0.6) is 5.75 Å². The highest BCUT2D eigenvalue weighted by Gasteiger charge is 2.28. The number of rotatable bonds is 3. The van der Waals surface area contributed by atoms with E-state index >= 15 is 0 Å². The van der Waals surface area contributed by atoms with E-state index in [2.05, 4.69) is 11.4 Å². The summed E-state index contributed by atoms with van der Waals surface area (Å²) in [6.07, 6.45) is 4.22. The van der Waals surface area contributed by atoms with Crippen LogP contribution in [0.15, 0.2) is 53.2 Å². The maximum absolute atomic E-state index is 12.9. The molecule has 4 rings (SSSR count). The van der Waals surface area contributed by atoms with Crippen molar-refractivity contribution in [3.63, 3.8) is 0 Å². The Hall–Kier alpha value is -3.46. The number of amides is 1. The summed E-state index contributed by atoms with van der Waals surface area (Å²) in [7, 11) is 0. The summed E-state index contributed by atoms with van der Waals surface area (Å²) in [4.78, 5) is 12.9. The first-order valence-corrected chi connectivity index (χ1v) is 8.38. The van der Waals surface area contributed by atoms with Crippen molar-refractivity contribution in [1.82, 2.24) is 9.88 Å². The average molecular weight is 347 g/mol. The van der Waals surface area contributed by atoms with Crippen LogP contribution in [0.2, 0.25) is 0 Å². The van der Waals surface area contributed by atoms with E-state index in [1.54, 1.807) is 23.9 Å². The van der Waals surface area contributed by atoms with Crippen LogP contribution in [0.4, 0.5) is 0 Å². The van der Waals surface area contributed by atoms with Crippen molar-refractivity contribution in [2.24, 2.45) is 0 Å². The fraction of sp³-hybridized carbons (Fsp3) is 0.200. The molecule has 1 aromatic carbocycles. The van der Waals surface area contributed by atoms with E-state index in [0.29, 0.717) is 24.7 Å². The molecule has 1 amide bonds. The first kappa shape index (κ1) is 16.0. The summed E-state index contributed by atoms with van der Waals surface area (Å²) in [5, 5.41) is 12.6. The van der Waals surface area contributed by atoms with Crippen LogP contribution in [-0.4, -0.2) is 17.1 Å². The maximum atomic E-state index is 12.9. The zero-order valence-electron chi connectivity index (χ0n) is 14.2. The van der Waals surface area contributed by atoms with Crippen LogP contribution >= 0.6 is 0 Å². The average Bonchev–Trinajstić information content (AvgIpc) is 3.29. The Bertz CT molecular complexity index is 996. The van der Waals surface area contributed by atoms with Crippen molar-refractivity contribution in [2.45, 2.75) is 19.4 Å². The van der Waals surface area contributed by atoms with Crippen molar-refractivity contribution in [3.05, 3.63) is 71.2 Å². The molecule has 0 radical (unpaired) electrons. The van der Waals surface area contributed by atoms with Gasteiger partial charge in [-0.05, 0) is 25.1 Å². The van der Waals surface area contributed by atoms with E-state index in [4.69, 9.17) is 9.15 Å². The zero-order valence-corrected chi connectivity index (χ0v) is 14.2. The number of para-hydroxylation sites is 1. The second kappa shape index (κ2) is 6.45. The van der Waals surface area contributed by atoms with Crippen LogP contribution in [-0.2, 0) is 0 Å². The van der Waals surface area contributed by atoms with E-state index in [0.717, 1.165) is 11.3 Å². The van der Waals surface area contributed by atoms with Gasteiger partial charge in [-0.1, -0.05) is 18.2 Å². The molecule has 2 aromatic heterocycles. The molecule has 130 valence electrons. The molecule has 0 aliphatic carbocycles. The Labute approximate surface area is 150 Å².